The van der Waals surface area contributed by atoms with Crippen LogP contribution in [0.25, 0.3) is 0 Å². The van der Waals surface area contributed by atoms with Crippen molar-refractivity contribution in [2.75, 3.05) is 18.0 Å². The molecule has 1 aliphatic heterocycles. The topological polar surface area (TPSA) is 29.0 Å². The van der Waals surface area contributed by atoms with Crippen molar-refractivity contribution in [3.05, 3.63) is 17.6 Å². The fourth-order valence-corrected chi connectivity index (χ4v) is 3.78. The molecule has 1 aromatic rings. The summed E-state index contributed by atoms with van der Waals surface area (Å²) in [5, 5.41) is 0.291. The summed E-state index contributed by atoms with van der Waals surface area (Å²) in [5.41, 5.74) is 2.71. The first-order chi connectivity index (χ1) is 9.75. The van der Waals surface area contributed by atoms with Crippen molar-refractivity contribution in [3.63, 3.8) is 0 Å². The van der Waals surface area contributed by atoms with Crippen molar-refractivity contribution in [1.82, 2.24) is 9.97 Å². The second-order valence-corrected chi connectivity index (χ2v) is 6.87. The lowest BCUT2D eigenvalue weighted by Gasteiger charge is -2.35. The summed E-state index contributed by atoms with van der Waals surface area (Å²) in [7, 11) is 0. The molecule has 2 aliphatic rings. The van der Waals surface area contributed by atoms with E-state index in [9.17, 15) is 0 Å². The molecule has 0 radical (unpaired) electrons. The lowest BCUT2D eigenvalue weighted by atomic mass is 9.93. The van der Waals surface area contributed by atoms with E-state index in [-0.39, 0.29) is 0 Å². The Morgan fingerprint density at radius 2 is 1.90 bits per heavy atom. The molecule has 1 unspecified atom stereocenters. The Labute approximate surface area is 126 Å². The molecule has 0 spiro atoms. The van der Waals surface area contributed by atoms with Crippen molar-refractivity contribution in [3.8, 4) is 0 Å². The van der Waals surface area contributed by atoms with Crippen LogP contribution < -0.4 is 4.90 Å². The first kappa shape index (κ1) is 14.1. The number of aromatic nitrogens is 2. The zero-order chi connectivity index (χ0) is 13.9. The summed E-state index contributed by atoms with van der Waals surface area (Å²) in [5.74, 6) is 1.87. The molecular weight excluding hydrogens is 270 g/mol. The lowest BCUT2D eigenvalue weighted by Crippen LogP contribution is -2.37. The van der Waals surface area contributed by atoms with Crippen LogP contribution in [0.3, 0.4) is 0 Å². The van der Waals surface area contributed by atoms with E-state index < -0.39 is 0 Å². The molecule has 0 bridgehead atoms. The second kappa shape index (κ2) is 6.30. The van der Waals surface area contributed by atoms with E-state index in [1.807, 2.05) is 0 Å². The van der Waals surface area contributed by atoms with E-state index in [0.29, 0.717) is 11.3 Å². The van der Waals surface area contributed by atoms with E-state index in [1.54, 1.807) is 6.33 Å². The Balaban J connectivity index is 1.78. The molecule has 1 aromatic heterocycles. The van der Waals surface area contributed by atoms with Crippen LogP contribution in [0.2, 0.25) is 0 Å². The first-order valence-electron chi connectivity index (χ1n) is 7.97. The maximum atomic E-state index is 6.24. The van der Waals surface area contributed by atoms with Gasteiger partial charge in [-0.15, -0.1) is 11.6 Å². The number of anilines is 1. The highest BCUT2D eigenvalue weighted by atomic mass is 35.5. The van der Waals surface area contributed by atoms with Crippen molar-refractivity contribution in [2.24, 2.45) is 5.92 Å². The molecule has 3 nitrogen and oxygen atoms in total. The second-order valence-electron chi connectivity index (χ2n) is 6.19. The molecule has 0 saturated carbocycles. The maximum Gasteiger partial charge on any atom is 0.135 e. The third-order valence-corrected chi connectivity index (χ3v) is 5.20. The van der Waals surface area contributed by atoms with Gasteiger partial charge in [0.1, 0.15) is 12.1 Å². The quantitative estimate of drug-likeness (QED) is 0.616. The number of hydrogen-bond donors (Lipinski definition) is 0. The molecule has 2 heterocycles. The number of halogens is 1. The van der Waals surface area contributed by atoms with Gasteiger partial charge in [0, 0.05) is 29.7 Å². The summed E-state index contributed by atoms with van der Waals surface area (Å²) in [6, 6.07) is 0. The van der Waals surface area contributed by atoms with Crippen molar-refractivity contribution >= 4 is 17.4 Å². The fraction of sp³-hybridized carbons (Fsp3) is 0.750. The van der Waals surface area contributed by atoms with E-state index in [1.165, 1.54) is 49.2 Å². The molecule has 1 atom stereocenters. The van der Waals surface area contributed by atoms with Crippen LogP contribution in [0.1, 0.15) is 50.3 Å². The van der Waals surface area contributed by atoms with Gasteiger partial charge < -0.3 is 4.90 Å². The van der Waals surface area contributed by atoms with Crippen LogP contribution in [0.4, 0.5) is 5.82 Å². The summed E-state index contributed by atoms with van der Waals surface area (Å²) < 4.78 is 0. The molecule has 0 N–H and O–H groups in total. The molecular formula is C16H24ClN3. The average molecular weight is 294 g/mol. The van der Waals surface area contributed by atoms with E-state index in [4.69, 9.17) is 11.6 Å². The normalized spacial score (nSPS) is 22.2. The Morgan fingerprint density at radius 1 is 1.15 bits per heavy atom. The smallest absolute Gasteiger partial charge is 0.135 e. The standard InChI is InChI=1S/C16H24ClN3/c1-12(17)13-7-9-20(10-8-13)16-14-5-3-2-4-6-15(14)18-11-19-16/h11-13H,2-10H2,1H3. The number of piperidine rings is 1. The van der Waals surface area contributed by atoms with Gasteiger partial charge in [0.05, 0.1) is 0 Å². The molecule has 3 rings (SSSR count). The van der Waals surface area contributed by atoms with E-state index >= 15 is 0 Å². The molecule has 0 amide bonds. The predicted molar refractivity (Wildman–Crippen MR) is 83.5 cm³/mol. The molecule has 110 valence electrons. The molecule has 20 heavy (non-hydrogen) atoms. The zero-order valence-corrected chi connectivity index (χ0v) is 13.1. The zero-order valence-electron chi connectivity index (χ0n) is 12.3. The van der Waals surface area contributed by atoms with Crippen LogP contribution in [-0.4, -0.2) is 28.4 Å². The lowest BCUT2D eigenvalue weighted by molar-refractivity contribution is 0.398. The summed E-state index contributed by atoms with van der Waals surface area (Å²) in [4.78, 5) is 11.6. The number of rotatable bonds is 2. The first-order valence-corrected chi connectivity index (χ1v) is 8.41. The van der Waals surface area contributed by atoms with Crippen molar-refractivity contribution in [1.29, 1.82) is 0 Å². The van der Waals surface area contributed by atoms with Gasteiger partial charge in [-0.3, -0.25) is 0 Å². The van der Waals surface area contributed by atoms with E-state index in [2.05, 4.69) is 21.8 Å². The molecule has 4 heteroatoms. The Hall–Kier alpha value is -0.830. The molecule has 0 aromatic carbocycles. The van der Waals surface area contributed by atoms with Crippen LogP contribution in [0.5, 0.6) is 0 Å². The van der Waals surface area contributed by atoms with Gasteiger partial charge in [-0.05, 0) is 51.4 Å². The van der Waals surface area contributed by atoms with Gasteiger partial charge in [0.2, 0.25) is 0 Å². The monoisotopic (exact) mass is 293 g/mol. The van der Waals surface area contributed by atoms with Crippen molar-refractivity contribution in [2.45, 2.75) is 57.2 Å². The minimum absolute atomic E-state index is 0.291. The number of fused-ring (bicyclic) bond motifs is 1. The van der Waals surface area contributed by atoms with Gasteiger partial charge in [0.15, 0.2) is 0 Å². The Morgan fingerprint density at radius 3 is 2.65 bits per heavy atom. The average Bonchev–Trinajstić information content (AvgIpc) is 2.72. The summed E-state index contributed by atoms with van der Waals surface area (Å²) in [6.45, 7) is 4.30. The predicted octanol–water partition coefficient (Wildman–Crippen LogP) is 3.59. The third kappa shape index (κ3) is 2.93. The maximum absolute atomic E-state index is 6.24. The van der Waals surface area contributed by atoms with Gasteiger partial charge in [-0.25, -0.2) is 9.97 Å². The van der Waals surface area contributed by atoms with Gasteiger partial charge in [-0.1, -0.05) is 6.42 Å². The molecule has 1 fully saturated rings. The van der Waals surface area contributed by atoms with Crippen LogP contribution >= 0.6 is 11.6 Å². The van der Waals surface area contributed by atoms with Crippen LogP contribution in [0, 0.1) is 5.92 Å². The van der Waals surface area contributed by atoms with Crippen LogP contribution in [-0.2, 0) is 12.8 Å². The Kier molecular flexibility index (Phi) is 4.45. The number of aryl methyl sites for hydroxylation is 1. The Bertz CT molecular complexity index is 453. The number of nitrogens with zero attached hydrogens (tertiary/aromatic N) is 3. The highest BCUT2D eigenvalue weighted by Gasteiger charge is 2.26. The molecule has 1 aliphatic carbocycles. The SMILES string of the molecule is CC(Cl)C1CCN(c2ncnc3c2CCCCC3)CC1. The van der Waals surface area contributed by atoms with Gasteiger partial charge in [-0.2, -0.15) is 0 Å². The largest absolute Gasteiger partial charge is 0.356 e. The van der Waals surface area contributed by atoms with Crippen LogP contribution in [0.15, 0.2) is 6.33 Å². The minimum atomic E-state index is 0.291. The number of hydrogen-bond acceptors (Lipinski definition) is 3. The summed E-state index contributed by atoms with van der Waals surface area (Å²) >= 11 is 6.24. The van der Waals surface area contributed by atoms with Crippen molar-refractivity contribution < 1.29 is 0 Å². The number of alkyl halides is 1. The van der Waals surface area contributed by atoms with Gasteiger partial charge in [0.25, 0.3) is 0 Å². The fourth-order valence-electron chi connectivity index (χ4n) is 3.52. The third-order valence-electron chi connectivity index (χ3n) is 4.84. The van der Waals surface area contributed by atoms with Gasteiger partial charge >= 0.3 is 0 Å². The summed E-state index contributed by atoms with van der Waals surface area (Å²) in [6.07, 6.45) is 10.3. The minimum Gasteiger partial charge on any atom is -0.356 e. The highest BCUT2D eigenvalue weighted by molar-refractivity contribution is 6.20. The molecule has 1 saturated heterocycles. The van der Waals surface area contributed by atoms with E-state index in [0.717, 1.165) is 25.9 Å². The highest BCUT2D eigenvalue weighted by Crippen LogP contribution is 2.31.